The van der Waals surface area contributed by atoms with Crippen LogP contribution in [0.5, 0.6) is 0 Å². The fraction of sp³-hybridized carbons (Fsp3) is 0.0909. The lowest BCUT2D eigenvalue weighted by molar-refractivity contribution is 1.14. The molecular weight excluding hydrogens is 259 g/mol. The summed E-state index contributed by atoms with van der Waals surface area (Å²) in [5, 5.41) is 0.503. The Morgan fingerprint density at radius 1 is 1.24 bits per heavy atom. The lowest BCUT2D eigenvalue weighted by Crippen LogP contribution is -2.29. The van der Waals surface area contributed by atoms with Crippen LogP contribution in [-0.2, 0) is 0 Å². The molecule has 0 saturated heterocycles. The van der Waals surface area contributed by atoms with Gasteiger partial charge in [0.1, 0.15) is 0 Å². The molecule has 2 rings (SSSR count). The number of halogens is 1. The molecule has 0 saturated carbocycles. The van der Waals surface area contributed by atoms with Crippen molar-refractivity contribution in [3.63, 3.8) is 0 Å². The van der Waals surface area contributed by atoms with E-state index >= 15 is 0 Å². The molecule has 2 aromatic rings. The molecule has 17 heavy (non-hydrogen) atoms. The number of hydrogen-bond donors (Lipinski definition) is 2. The molecule has 0 aliphatic heterocycles. The zero-order valence-corrected chi connectivity index (χ0v) is 10.7. The normalized spacial score (nSPS) is 11.4. The summed E-state index contributed by atoms with van der Waals surface area (Å²) >= 11 is 5.94. The topological polar surface area (TPSA) is 65.7 Å². The van der Waals surface area contributed by atoms with Gasteiger partial charge in [0.05, 0.1) is 11.0 Å². The van der Waals surface area contributed by atoms with E-state index in [9.17, 15) is 9.59 Å². The van der Waals surface area contributed by atoms with E-state index in [0.29, 0.717) is 16.1 Å². The Hall–Kier alpha value is -1.38. The molecule has 0 aliphatic rings. The summed E-state index contributed by atoms with van der Waals surface area (Å²) in [5.74, 6) is 0. The lowest BCUT2D eigenvalue weighted by atomic mass is 10.1. The standard InChI is InChI=1S/C11H10ClN2O2P/c12-7-4-6(2-1-3-17)9-8(5-7)13-10(15)11(16)14-9/h1-2,4-5H,3,17H2,(H,13,15)(H,14,16)/b2-1+. The summed E-state index contributed by atoms with van der Waals surface area (Å²) in [6.07, 6.45) is 4.55. The summed E-state index contributed by atoms with van der Waals surface area (Å²) in [5.41, 5.74) is 0.517. The highest BCUT2D eigenvalue weighted by atomic mass is 35.5. The number of nitrogens with one attached hydrogen (secondary N) is 2. The number of hydrogen-bond acceptors (Lipinski definition) is 2. The summed E-state index contributed by atoms with van der Waals surface area (Å²) in [6, 6.07) is 3.33. The van der Waals surface area contributed by atoms with Gasteiger partial charge in [-0.2, -0.15) is 0 Å². The van der Waals surface area contributed by atoms with Gasteiger partial charge < -0.3 is 9.97 Å². The number of fused-ring (bicyclic) bond motifs is 1. The van der Waals surface area contributed by atoms with Crippen molar-refractivity contribution in [2.24, 2.45) is 0 Å². The molecule has 0 radical (unpaired) electrons. The quantitative estimate of drug-likeness (QED) is 0.644. The predicted molar refractivity (Wildman–Crippen MR) is 73.8 cm³/mol. The lowest BCUT2D eigenvalue weighted by Gasteiger charge is -2.02. The van der Waals surface area contributed by atoms with Crippen LogP contribution in [0.1, 0.15) is 5.56 Å². The Kier molecular flexibility index (Phi) is 3.46. The Labute approximate surface area is 104 Å². The highest BCUT2D eigenvalue weighted by Crippen LogP contribution is 2.20. The van der Waals surface area contributed by atoms with Gasteiger partial charge in [-0.3, -0.25) is 9.59 Å². The molecule has 0 aliphatic carbocycles. The molecule has 6 heteroatoms. The van der Waals surface area contributed by atoms with Crippen molar-refractivity contribution in [1.29, 1.82) is 0 Å². The first-order valence-corrected chi connectivity index (χ1v) is 6.13. The number of benzene rings is 1. The molecule has 0 bridgehead atoms. The van der Waals surface area contributed by atoms with Crippen molar-refractivity contribution >= 4 is 38.0 Å². The zero-order chi connectivity index (χ0) is 12.4. The van der Waals surface area contributed by atoms with Crippen LogP contribution in [0.4, 0.5) is 0 Å². The SMILES string of the molecule is O=c1[nH]c2cc(Cl)cc(/C=C/CP)c2[nH]c1=O. The van der Waals surface area contributed by atoms with Gasteiger partial charge in [-0.25, -0.2) is 0 Å². The molecule has 1 heterocycles. The van der Waals surface area contributed by atoms with E-state index in [1.54, 1.807) is 12.1 Å². The van der Waals surface area contributed by atoms with Crippen LogP contribution in [0.15, 0.2) is 27.8 Å². The molecule has 2 N–H and O–H groups in total. The second-order valence-electron chi connectivity index (χ2n) is 3.46. The summed E-state index contributed by atoms with van der Waals surface area (Å²) in [6.45, 7) is 0. The third kappa shape index (κ3) is 2.48. The minimum Gasteiger partial charge on any atom is -0.316 e. The molecule has 1 aromatic heterocycles. The van der Waals surface area contributed by atoms with Crippen LogP contribution in [0, 0.1) is 0 Å². The van der Waals surface area contributed by atoms with Gasteiger partial charge in [0, 0.05) is 10.6 Å². The van der Waals surface area contributed by atoms with Crippen molar-refractivity contribution in [3.05, 3.63) is 49.5 Å². The molecule has 1 unspecified atom stereocenters. The largest absolute Gasteiger partial charge is 0.316 e. The predicted octanol–water partition coefficient (Wildman–Crippen LogP) is 1.76. The smallest absolute Gasteiger partial charge is 0.314 e. The van der Waals surface area contributed by atoms with Gasteiger partial charge in [0.2, 0.25) is 0 Å². The van der Waals surface area contributed by atoms with Gasteiger partial charge in [-0.05, 0) is 18.3 Å². The van der Waals surface area contributed by atoms with E-state index in [1.807, 2.05) is 12.2 Å². The number of H-pyrrole nitrogens is 2. The maximum atomic E-state index is 11.3. The molecule has 1 atom stereocenters. The first-order chi connectivity index (χ1) is 8.11. The van der Waals surface area contributed by atoms with E-state index in [0.717, 1.165) is 11.7 Å². The van der Waals surface area contributed by atoms with Gasteiger partial charge in [0.25, 0.3) is 0 Å². The fourth-order valence-electron chi connectivity index (χ4n) is 1.54. The van der Waals surface area contributed by atoms with Gasteiger partial charge in [-0.1, -0.05) is 23.8 Å². The third-order valence-corrected chi connectivity index (χ3v) is 2.75. The van der Waals surface area contributed by atoms with Crippen LogP contribution in [0.2, 0.25) is 5.02 Å². The van der Waals surface area contributed by atoms with E-state index in [1.165, 1.54) is 0 Å². The van der Waals surface area contributed by atoms with Crippen LogP contribution >= 0.6 is 20.8 Å². The second kappa shape index (κ2) is 4.86. The maximum absolute atomic E-state index is 11.3. The monoisotopic (exact) mass is 268 g/mol. The molecular formula is C11H10ClN2O2P. The summed E-state index contributed by atoms with van der Waals surface area (Å²) in [4.78, 5) is 27.5. The molecule has 88 valence electrons. The average molecular weight is 269 g/mol. The van der Waals surface area contributed by atoms with Crippen molar-refractivity contribution < 1.29 is 0 Å². The average Bonchev–Trinajstić information content (AvgIpc) is 2.28. The van der Waals surface area contributed by atoms with Gasteiger partial charge in [-0.15, -0.1) is 9.24 Å². The minimum absolute atomic E-state index is 0.503. The Morgan fingerprint density at radius 2 is 1.94 bits per heavy atom. The van der Waals surface area contributed by atoms with Crippen molar-refractivity contribution in [3.8, 4) is 0 Å². The first-order valence-electron chi connectivity index (χ1n) is 4.94. The second-order valence-corrected chi connectivity index (χ2v) is 4.37. The van der Waals surface area contributed by atoms with Crippen LogP contribution < -0.4 is 11.1 Å². The zero-order valence-electron chi connectivity index (χ0n) is 8.79. The fourth-order valence-corrected chi connectivity index (χ4v) is 1.90. The van der Waals surface area contributed by atoms with E-state index in [2.05, 4.69) is 19.2 Å². The number of allylic oxidation sites excluding steroid dienone is 1. The maximum Gasteiger partial charge on any atom is 0.314 e. The summed E-state index contributed by atoms with van der Waals surface area (Å²) in [7, 11) is 2.57. The molecule has 0 spiro atoms. The van der Waals surface area contributed by atoms with Gasteiger partial charge in [0.15, 0.2) is 0 Å². The summed E-state index contributed by atoms with van der Waals surface area (Å²) < 4.78 is 0. The van der Waals surface area contributed by atoms with E-state index in [4.69, 9.17) is 11.6 Å². The van der Waals surface area contributed by atoms with Crippen molar-refractivity contribution in [2.75, 3.05) is 6.16 Å². The third-order valence-electron chi connectivity index (χ3n) is 2.26. The minimum atomic E-state index is -0.680. The molecule has 0 fully saturated rings. The van der Waals surface area contributed by atoms with E-state index < -0.39 is 11.1 Å². The molecule has 4 nitrogen and oxygen atoms in total. The number of rotatable bonds is 2. The highest BCUT2D eigenvalue weighted by Gasteiger charge is 2.04. The van der Waals surface area contributed by atoms with Crippen LogP contribution in [0.3, 0.4) is 0 Å². The molecule has 1 aromatic carbocycles. The van der Waals surface area contributed by atoms with Crippen LogP contribution in [0.25, 0.3) is 17.1 Å². The van der Waals surface area contributed by atoms with Gasteiger partial charge >= 0.3 is 11.1 Å². The van der Waals surface area contributed by atoms with Crippen molar-refractivity contribution in [2.45, 2.75) is 0 Å². The Morgan fingerprint density at radius 3 is 2.65 bits per heavy atom. The van der Waals surface area contributed by atoms with E-state index in [-0.39, 0.29) is 0 Å². The number of aromatic nitrogens is 2. The highest BCUT2D eigenvalue weighted by molar-refractivity contribution is 7.16. The van der Waals surface area contributed by atoms with Crippen molar-refractivity contribution in [1.82, 2.24) is 9.97 Å². The first kappa shape index (κ1) is 12.1. The Balaban J connectivity index is 2.83. The van der Waals surface area contributed by atoms with Crippen LogP contribution in [-0.4, -0.2) is 16.1 Å². The Bertz CT molecular complexity index is 703. The number of aromatic amines is 2. The molecule has 0 amide bonds.